The van der Waals surface area contributed by atoms with Crippen molar-refractivity contribution in [2.45, 2.75) is 52.4 Å². The standard InChI is InChI=1S/C16H29N5O/c1-12-5-4-6-14(11-12)7-9-18-16(17-3)19-10-8-15-20-13(2)21-22-15/h12,14H,4-11H2,1-3H3,(H2,17,18,19). The summed E-state index contributed by atoms with van der Waals surface area (Å²) in [6, 6.07) is 0. The topological polar surface area (TPSA) is 75.3 Å². The molecule has 6 heteroatoms. The molecule has 6 nitrogen and oxygen atoms in total. The first-order chi connectivity index (χ1) is 10.7. The van der Waals surface area contributed by atoms with Crippen molar-refractivity contribution >= 4 is 5.96 Å². The monoisotopic (exact) mass is 307 g/mol. The molecule has 0 aliphatic heterocycles. The van der Waals surface area contributed by atoms with E-state index in [0.29, 0.717) is 18.1 Å². The van der Waals surface area contributed by atoms with Crippen LogP contribution >= 0.6 is 0 Å². The van der Waals surface area contributed by atoms with Gasteiger partial charge in [0.15, 0.2) is 11.8 Å². The number of hydrogen-bond acceptors (Lipinski definition) is 4. The predicted molar refractivity (Wildman–Crippen MR) is 87.8 cm³/mol. The van der Waals surface area contributed by atoms with Crippen molar-refractivity contribution in [3.05, 3.63) is 11.7 Å². The summed E-state index contributed by atoms with van der Waals surface area (Å²) in [5.41, 5.74) is 0. The molecule has 1 saturated carbocycles. The van der Waals surface area contributed by atoms with E-state index < -0.39 is 0 Å². The molecule has 124 valence electrons. The van der Waals surface area contributed by atoms with Crippen LogP contribution < -0.4 is 10.6 Å². The van der Waals surface area contributed by atoms with E-state index in [2.05, 4.69) is 32.7 Å². The number of guanidine groups is 1. The Kier molecular flexibility index (Phi) is 6.68. The fraction of sp³-hybridized carbons (Fsp3) is 0.812. The van der Waals surface area contributed by atoms with Crippen LogP contribution in [-0.2, 0) is 6.42 Å². The molecule has 0 saturated heterocycles. The summed E-state index contributed by atoms with van der Waals surface area (Å²) in [4.78, 5) is 8.44. The van der Waals surface area contributed by atoms with Crippen LogP contribution in [0.4, 0.5) is 0 Å². The van der Waals surface area contributed by atoms with Gasteiger partial charge >= 0.3 is 0 Å². The highest BCUT2D eigenvalue weighted by molar-refractivity contribution is 5.79. The maximum atomic E-state index is 5.09. The second-order valence-corrected chi connectivity index (χ2v) is 6.34. The van der Waals surface area contributed by atoms with Crippen molar-refractivity contribution in [3.63, 3.8) is 0 Å². The second kappa shape index (κ2) is 8.76. The number of nitrogens with one attached hydrogen (secondary N) is 2. The molecule has 2 rings (SSSR count). The minimum atomic E-state index is 0.664. The van der Waals surface area contributed by atoms with E-state index in [-0.39, 0.29) is 0 Å². The number of nitrogens with zero attached hydrogens (tertiary/aromatic N) is 3. The largest absolute Gasteiger partial charge is 0.356 e. The number of rotatable bonds is 6. The van der Waals surface area contributed by atoms with Gasteiger partial charge in [-0.3, -0.25) is 4.99 Å². The zero-order chi connectivity index (χ0) is 15.8. The lowest BCUT2D eigenvalue weighted by molar-refractivity contribution is 0.270. The third-order valence-electron chi connectivity index (χ3n) is 4.31. The van der Waals surface area contributed by atoms with Gasteiger partial charge in [0.05, 0.1) is 0 Å². The summed E-state index contributed by atoms with van der Waals surface area (Å²) in [7, 11) is 1.80. The van der Waals surface area contributed by atoms with Crippen LogP contribution in [0.2, 0.25) is 0 Å². The Labute approximate surface area is 133 Å². The van der Waals surface area contributed by atoms with Crippen molar-refractivity contribution in [1.29, 1.82) is 0 Å². The molecule has 1 aromatic heterocycles. The Bertz CT molecular complexity index is 471. The van der Waals surface area contributed by atoms with Crippen molar-refractivity contribution in [1.82, 2.24) is 20.8 Å². The molecule has 1 fully saturated rings. The van der Waals surface area contributed by atoms with Crippen molar-refractivity contribution < 1.29 is 4.52 Å². The highest BCUT2D eigenvalue weighted by atomic mass is 16.5. The highest BCUT2D eigenvalue weighted by Gasteiger charge is 2.18. The van der Waals surface area contributed by atoms with Crippen molar-refractivity contribution in [3.8, 4) is 0 Å². The molecule has 1 aliphatic carbocycles. The highest BCUT2D eigenvalue weighted by Crippen LogP contribution is 2.30. The van der Waals surface area contributed by atoms with Crippen molar-refractivity contribution in [2.24, 2.45) is 16.8 Å². The third kappa shape index (κ3) is 5.66. The average Bonchev–Trinajstić information content (AvgIpc) is 2.91. The van der Waals surface area contributed by atoms with Crippen molar-refractivity contribution in [2.75, 3.05) is 20.1 Å². The van der Waals surface area contributed by atoms with E-state index in [1.165, 1.54) is 32.1 Å². The fourth-order valence-electron chi connectivity index (χ4n) is 3.17. The summed E-state index contributed by atoms with van der Waals surface area (Å²) in [5, 5.41) is 10.5. The molecule has 2 atom stereocenters. The molecule has 0 spiro atoms. The average molecular weight is 307 g/mol. The lowest BCUT2D eigenvalue weighted by Gasteiger charge is -2.26. The molecule has 1 aromatic rings. The maximum absolute atomic E-state index is 5.09. The molecule has 1 heterocycles. The minimum Gasteiger partial charge on any atom is -0.356 e. The van der Waals surface area contributed by atoms with Gasteiger partial charge in [0.2, 0.25) is 5.89 Å². The number of aliphatic imine (C=N–C) groups is 1. The summed E-state index contributed by atoms with van der Waals surface area (Å²) in [6.07, 6.45) is 7.50. The Morgan fingerprint density at radius 3 is 2.82 bits per heavy atom. The zero-order valence-corrected chi connectivity index (χ0v) is 14.1. The van der Waals surface area contributed by atoms with Crippen LogP contribution in [0.25, 0.3) is 0 Å². The Morgan fingerprint density at radius 1 is 1.32 bits per heavy atom. The van der Waals surface area contributed by atoms with Gasteiger partial charge in [-0.05, 0) is 31.6 Å². The molecular formula is C16H29N5O. The quantitative estimate of drug-likeness (QED) is 0.623. The maximum Gasteiger partial charge on any atom is 0.228 e. The van der Waals surface area contributed by atoms with E-state index in [0.717, 1.165) is 30.9 Å². The molecular weight excluding hydrogens is 278 g/mol. The van der Waals surface area contributed by atoms with Crippen LogP contribution in [0.5, 0.6) is 0 Å². The number of aromatic nitrogens is 2. The SMILES string of the molecule is CN=C(NCCc1nc(C)no1)NCCC1CCCC(C)C1. The van der Waals surface area contributed by atoms with Gasteiger partial charge in [-0.25, -0.2) is 0 Å². The lowest BCUT2D eigenvalue weighted by Crippen LogP contribution is -2.39. The minimum absolute atomic E-state index is 0.664. The molecule has 1 aliphatic rings. The molecule has 0 aromatic carbocycles. The molecule has 0 amide bonds. The van der Waals surface area contributed by atoms with Gasteiger partial charge in [-0.1, -0.05) is 31.3 Å². The van der Waals surface area contributed by atoms with Crippen LogP contribution in [0.1, 0.15) is 50.7 Å². The van der Waals surface area contributed by atoms with Gasteiger partial charge < -0.3 is 15.2 Å². The molecule has 22 heavy (non-hydrogen) atoms. The van der Waals surface area contributed by atoms with E-state index in [9.17, 15) is 0 Å². The van der Waals surface area contributed by atoms with Gasteiger partial charge in [0.25, 0.3) is 0 Å². The lowest BCUT2D eigenvalue weighted by atomic mass is 9.81. The van der Waals surface area contributed by atoms with Gasteiger partial charge in [0.1, 0.15) is 0 Å². The first-order valence-corrected chi connectivity index (χ1v) is 8.41. The van der Waals surface area contributed by atoms with Gasteiger partial charge in [0, 0.05) is 26.6 Å². The molecule has 0 radical (unpaired) electrons. The number of aryl methyl sites for hydroxylation is 1. The van der Waals surface area contributed by atoms with Crippen LogP contribution in [0.15, 0.2) is 9.52 Å². The van der Waals surface area contributed by atoms with Crippen LogP contribution in [0.3, 0.4) is 0 Å². The van der Waals surface area contributed by atoms with Crippen LogP contribution in [-0.4, -0.2) is 36.2 Å². The Balaban J connectivity index is 1.60. The smallest absolute Gasteiger partial charge is 0.228 e. The summed E-state index contributed by atoms with van der Waals surface area (Å²) < 4.78 is 5.09. The number of hydrogen-bond donors (Lipinski definition) is 2. The normalized spacial score (nSPS) is 22.6. The van der Waals surface area contributed by atoms with E-state index in [4.69, 9.17) is 4.52 Å². The Hall–Kier alpha value is -1.59. The van der Waals surface area contributed by atoms with Gasteiger partial charge in [-0.15, -0.1) is 0 Å². The molecule has 0 bridgehead atoms. The zero-order valence-electron chi connectivity index (χ0n) is 14.1. The third-order valence-corrected chi connectivity index (χ3v) is 4.31. The van der Waals surface area contributed by atoms with Crippen LogP contribution in [0, 0.1) is 18.8 Å². The first-order valence-electron chi connectivity index (χ1n) is 8.41. The summed E-state index contributed by atoms with van der Waals surface area (Å²) in [6.45, 7) is 5.92. The first kappa shape index (κ1) is 16.8. The van der Waals surface area contributed by atoms with E-state index >= 15 is 0 Å². The summed E-state index contributed by atoms with van der Waals surface area (Å²) >= 11 is 0. The molecule has 2 N–H and O–H groups in total. The van der Waals surface area contributed by atoms with E-state index in [1.54, 1.807) is 7.05 Å². The fourth-order valence-corrected chi connectivity index (χ4v) is 3.17. The van der Waals surface area contributed by atoms with Gasteiger partial charge in [-0.2, -0.15) is 4.98 Å². The molecule has 2 unspecified atom stereocenters. The Morgan fingerprint density at radius 2 is 2.14 bits per heavy atom. The van der Waals surface area contributed by atoms with E-state index in [1.807, 2.05) is 6.92 Å². The summed E-state index contributed by atoms with van der Waals surface area (Å²) in [5.74, 6) is 3.96. The second-order valence-electron chi connectivity index (χ2n) is 6.34. The predicted octanol–water partition coefficient (Wildman–Crippen LogP) is 2.30.